The lowest BCUT2D eigenvalue weighted by Crippen LogP contribution is -2.49. The second kappa shape index (κ2) is 18.0. The van der Waals surface area contributed by atoms with Gasteiger partial charge in [0, 0.05) is 87.0 Å². The molecule has 16 nitrogen and oxygen atoms in total. The van der Waals surface area contributed by atoms with Crippen molar-refractivity contribution in [2.24, 2.45) is 0 Å². The van der Waals surface area contributed by atoms with Crippen molar-refractivity contribution in [2.45, 2.75) is 65.5 Å². The Hall–Kier alpha value is -6.98. The molecule has 0 radical (unpaired) electrons. The highest BCUT2D eigenvalue weighted by molar-refractivity contribution is 6.08. The summed E-state index contributed by atoms with van der Waals surface area (Å²) in [6, 6.07) is 11.0. The summed E-state index contributed by atoms with van der Waals surface area (Å²) < 4.78 is 30.0. The number of hydrogen-bond donors (Lipinski definition) is 4. The molecule has 0 aliphatic carbocycles. The molecule has 6 heterocycles. The molecule has 0 bridgehead atoms. The number of anilines is 2. The lowest BCUT2D eigenvalue weighted by Gasteiger charge is -2.36. The number of urea groups is 2. The molecule has 8 amide bonds. The molecule has 0 saturated carbocycles. The first-order chi connectivity index (χ1) is 30.5. The first-order valence-corrected chi connectivity index (χ1v) is 21.3. The number of imide groups is 2. The van der Waals surface area contributed by atoms with E-state index in [0.29, 0.717) is 52.4 Å². The molecule has 4 aliphatic heterocycles. The third-order valence-corrected chi connectivity index (χ3v) is 12.4. The maximum atomic E-state index is 15.0. The number of nitrogens with one attached hydrogen (secondary N) is 4. The average Bonchev–Trinajstić information content (AvgIpc) is 3.75. The van der Waals surface area contributed by atoms with Gasteiger partial charge in [-0.2, -0.15) is 0 Å². The fraction of sp³-hybridized carbons (Fsp3) is 0.391. The quantitative estimate of drug-likeness (QED) is 0.184. The number of pyridine rings is 2. The number of carbonyl (C=O) groups is 6. The number of amides is 8. The Morgan fingerprint density at radius 1 is 0.578 bits per heavy atom. The van der Waals surface area contributed by atoms with E-state index in [-0.39, 0.29) is 46.9 Å². The van der Waals surface area contributed by atoms with Crippen molar-refractivity contribution in [3.63, 3.8) is 0 Å². The van der Waals surface area contributed by atoms with E-state index in [4.69, 9.17) is 0 Å². The molecular formula is C46H52F2N10O6. The molecule has 18 heteroatoms. The normalized spacial score (nSPS) is 20.9. The number of halogens is 2. The van der Waals surface area contributed by atoms with Crippen LogP contribution in [0.1, 0.15) is 80.8 Å². The molecule has 4 N–H and O–H groups in total. The lowest BCUT2D eigenvalue weighted by molar-refractivity contribution is -0.125. The molecule has 4 aliphatic rings. The van der Waals surface area contributed by atoms with Crippen molar-refractivity contribution in [1.29, 1.82) is 0 Å². The summed E-state index contributed by atoms with van der Waals surface area (Å²) in [7, 11) is 0. The first-order valence-electron chi connectivity index (χ1n) is 21.3. The van der Waals surface area contributed by atoms with Crippen LogP contribution < -0.4 is 31.1 Å². The van der Waals surface area contributed by atoms with Gasteiger partial charge in [-0.3, -0.25) is 29.8 Å². The number of benzene rings is 2. The Bertz CT molecular complexity index is 2370. The first kappa shape index (κ1) is 45.1. The Morgan fingerprint density at radius 2 is 0.938 bits per heavy atom. The third kappa shape index (κ3) is 8.55. The average molecular weight is 879 g/mol. The summed E-state index contributed by atoms with van der Waals surface area (Å²) in [5, 5.41) is 9.35. The number of aromatic nitrogens is 2. The van der Waals surface area contributed by atoms with Gasteiger partial charge >= 0.3 is 12.1 Å². The second-order valence-corrected chi connectivity index (χ2v) is 16.6. The van der Waals surface area contributed by atoms with Gasteiger partial charge in [-0.1, -0.05) is 38.1 Å². The van der Waals surface area contributed by atoms with Crippen LogP contribution in [0.4, 0.5) is 30.0 Å². The van der Waals surface area contributed by atoms with E-state index >= 15 is 8.78 Å². The largest absolute Gasteiger partial charge is 0.353 e. The fourth-order valence-corrected chi connectivity index (χ4v) is 8.92. The van der Waals surface area contributed by atoms with E-state index < -0.39 is 46.6 Å². The molecule has 0 unspecified atom stereocenters. The van der Waals surface area contributed by atoms with Crippen LogP contribution in [-0.2, 0) is 20.7 Å². The Balaban J connectivity index is 0.000000191. The lowest BCUT2D eigenvalue weighted by atomic mass is 9.86. The Kier molecular flexibility index (Phi) is 12.7. The molecule has 4 saturated heterocycles. The summed E-state index contributed by atoms with van der Waals surface area (Å²) >= 11 is 0. The van der Waals surface area contributed by atoms with Gasteiger partial charge in [0.2, 0.25) is 0 Å². The standard InChI is InChI=1S/2C23H26FN5O3/c2*1-4-23(21(31)26-22(32)27-23)17-6-5-16(12-18(17)24)20(30)29-9-7-28(8-10-29)19-15(3)11-14(2)13-25-19/h2*5-6,11-13H,4,7-10H2,1-3H3,(H2,26,27,31,32)/t2*23-/m10/s1. The monoisotopic (exact) mass is 878 g/mol. The van der Waals surface area contributed by atoms with Crippen LogP contribution in [0.5, 0.6) is 0 Å². The zero-order valence-electron chi connectivity index (χ0n) is 36.7. The molecule has 2 aromatic heterocycles. The zero-order valence-corrected chi connectivity index (χ0v) is 36.7. The van der Waals surface area contributed by atoms with Crippen molar-refractivity contribution in [1.82, 2.24) is 41.0 Å². The minimum absolute atomic E-state index is 0.0469. The van der Waals surface area contributed by atoms with E-state index in [1.54, 1.807) is 23.6 Å². The van der Waals surface area contributed by atoms with Crippen LogP contribution in [0.2, 0.25) is 0 Å². The zero-order chi connectivity index (χ0) is 46.1. The number of carbonyl (C=O) groups excluding carboxylic acids is 6. The maximum absolute atomic E-state index is 15.0. The maximum Gasteiger partial charge on any atom is 0.322 e. The topological polar surface area (TPSA) is 189 Å². The predicted octanol–water partition coefficient (Wildman–Crippen LogP) is 4.49. The number of aryl methyl sites for hydroxylation is 4. The molecule has 64 heavy (non-hydrogen) atoms. The molecule has 0 spiro atoms. The summed E-state index contributed by atoms with van der Waals surface area (Å²) in [5.41, 5.74) is 1.97. The van der Waals surface area contributed by atoms with Gasteiger partial charge < -0.3 is 30.2 Å². The number of nitrogens with zero attached hydrogens (tertiary/aromatic N) is 6. The van der Waals surface area contributed by atoms with Gasteiger partial charge in [-0.25, -0.2) is 28.3 Å². The van der Waals surface area contributed by atoms with Gasteiger partial charge in [0.25, 0.3) is 23.6 Å². The van der Waals surface area contributed by atoms with Crippen LogP contribution in [0.15, 0.2) is 60.9 Å². The summed E-state index contributed by atoms with van der Waals surface area (Å²) in [4.78, 5) is 90.5. The number of hydrogen-bond acceptors (Lipinski definition) is 10. The van der Waals surface area contributed by atoms with Crippen LogP contribution in [-0.4, -0.2) is 108 Å². The van der Waals surface area contributed by atoms with Gasteiger partial charge in [0.05, 0.1) is 0 Å². The minimum Gasteiger partial charge on any atom is -0.353 e. The SMILES string of the molecule is CC[C@@]1(c2ccc(C(=O)N3CCN(c4ncc(C)cc4C)CC3)cc2F)NC(=O)NC1=O.CC[C@]1(c2ccc(C(=O)N3CCN(c4ncc(C)cc4C)CC3)cc2F)NC(=O)NC1=O. The summed E-state index contributed by atoms with van der Waals surface area (Å²) in [6.45, 7) is 15.9. The van der Waals surface area contributed by atoms with E-state index in [9.17, 15) is 28.8 Å². The van der Waals surface area contributed by atoms with Crippen molar-refractivity contribution >= 4 is 47.3 Å². The van der Waals surface area contributed by atoms with Gasteiger partial charge in [-0.15, -0.1) is 0 Å². The highest BCUT2D eigenvalue weighted by atomic mass is 19.1. The van der Waals surface area contributed by atoms with E-state index in [1.165, 1.54) is 24.3 Å². The van der Waals surface area contributed by atoms with Gasteiger partial charge in [0.1, 0.15) is 34.3 Å². The predicted molar refractivity (Wildman–Crippen MR) is 234 cm³/mol. The van der Waals surface area contributed by atoms with E-state index in [2.05, 4.69) is 53.2 Å². The van der Waals surface area contributed by atoms with E-state index in [1.807, 2.05) is 40.1 Å². The van der Waals surface area contributed by atoms with E-state index in [0.717, 1.165) is 46.0 Å². The van der Waals surface area contributed by atoms with Crippen molar-refractivity contribution < 1.29 is 37.5 Å². The minimum atomic E-state index is -1.47. The summed E-state index contributed by atoms with van der Waals surface area (Å²) in [6.07, 6.45) is 4.03. The number of piperazine rings is 2. The molecule has 2 aromatic carbocycles. The number of rotatable bonds is 8. The molecule has 8 rings (SSSR count). The molecular weight excluding hydrogens is 827 g/mol. The van der Waals surface area contributed by atoms with Crippen LogP contribution in [0, 0.1) is 39.3 Å². The fourth-order valence-electron chi connectivity index (χ4n) is 8.92. The molecule has 2 atom stereocenters. The van der Waals surface area contributed by atoms with Crippen LogP contribution >= 0.6 is 0 Å². The van der Waals surface area contributed by atoms with Crippen LogP contribution in [0.25, 0.3) is 0 Å². The van der Waals surface area contributed by atoms with Crippen LogP contribution in [0.3, 0.4) is 0 Å². The highest BCUT2D eigenvalue weighted by Gasteiger charge is 2.49. The molecule has 336 valence electrons. The molecule has 4 aromatic rings. The third-order valence-electron chi connectivity index (χ3n) is 12.4. The Morgan fingerprint density at radius 3 is 1.22 bits per heavy atom. The second-order valence-electron chi connectivity index (χ2n) is 16.6. The van der Waals surface area contributed by atoms with Crippen molar-refractivity contribution in [2.75, 3.05) is 62.2 Å². The van der Waals surface area contributed by atoms with Gasteiger partial charge in [0.15, 0.2) is 0 Å². The van der Waals surface area contributed by atoms with Crippen molar-refractivity contribution in [3.05, 3.63) is 117 Å². The van der Waals surface area contributed by atoms with Gasteiger partial charge in [-0.05, 0) is 87.1 Å². The highest BCUT2D eigenvalue weighted by Crippen LogP contribution is 2.33. The molecule has 4 fully saturated rings. The van der Waals surface area contributed by atoms with Crippen molar-refractivity contribution in [3.8, 4) is 0 Å². The smallest absolute Gasteiger partial charge is 0.322 e. The Labute approximate surface area is 369 Å². The summed E-state index contributed by atoms with van der Waals surface area (Å²) in [5.74, 6) is -1.30.